The highest BCUT2D eigenvalue weighted by molar-refractivity contribution is 5.93. The van der Waals surface area contributed by atoms with Crippen molar-refractivity contribution < 1.29 is 9.53 Å². The summed E-state index contributed by atoms with van der Waals surface area (Å²) in [5.41, 5.74) is 8.95. The second kappa shape index (κ2) is 6.79. The summed E-state index contributed by atoms with van der Waals surface area (Å²) >= 11 is 0. The number of primary amides is 1. The van der Waals surface area contributed by atoms with Gasteiger partial charge in [0.15, 0.2) is 0 Å². The van der Waals surface area contributed by atoms with Crippen molar-refractivity contribution in [2.75, 3.05) is 11.9 Å². The first kappa shape index (κ1) is 14.9. The fourth-order valence-corrected chi connectivity index (χ4v) is 2.08. The van der Waals surface area contributed by atoms with Crippen LogP contribution in [-0.4, -0.2) is 12.5 Å². The van der Waals surface area contributed by atoms with Crippen LogP contribution >= 0.6 is 0 Å². The summed E-state index contributed by atoms with van der Waals surface area (Å²) in [6, 6.07) is 13.4. The third kappa shape index (κ3) is 3.99. The lowest BCUT2D eigenvalue weighted by atomic mass is 10.1. The largest absolute Gasteiger partial charge is 0.494 e. The second-order valence-electron chi connectivity index (χ2n) is 4.82. The lowest BCUT2D eigenvalue weighted by Crippen LogP contribution is -2.11. The molecule has 0 atom stereocenters. The molecule has 0 spiro atoms. The van der Waals surface area contributed by atoms with Crippen LogP contribution < -0.4 is 15.8 Å². The molecule has 3 N–H and O–H groups in total. The summed E-state index contributed by atoms with van der Waals surface area (Å²) in [5, 5.41) is 3.35. The summed E-state index contributed by atoms with van der Waals surface area (Å²) in [6.07, 6.45) is 0. The fraction of sp³-hybridized carbons (Fsp3) is 0.235. The first-order valence-corrected chi connectivity index (χ1v) is 6.96. The molecule has 2 aromatic rings. The smallest absolute Gasteiger partial charge is 0.248 e. The van der Waals surface area contributed by atoms with Crippen LogP contribution in [0.5, 0.6) is 5.75 Å². The van der Waals surface area contributed by atoms with Gasteiger partial charge in [0.2, 0.25) is 5.91 Å². The summed E-state index contributed by atoms with van der Waals surface area (Å²) in [6.45, 7) is 5.30. The number of hydrogen-bond donors (Lipinski definition) is 2. The number of carbonyl (C=O) groups excluding carboxylic acids is 1. The zero-order valence-corrected chi connectivity index (χ0v) is 12.3. The third-order valence-electron chi connectivity index (χ3n) is 3.23. The number of carbonyl (C=O) groups is 1. The molecule has 0 heterocycles. The minimum absolute atomic E-state index is 0.406. The summed E-state index contributed by atoms with van der Waals surface area (Å²) in [7, 11) is 0. The van der Waals surface area contributed by atoms with Crippen LogP contribution in [0.4, 0.5) is 5.69 Å². The van der Waals surface area contributed by atoms with Gasteiger partial charge in [-0.1, -0.05) is 12.1 Å². The SMILES string of the molecule is CCOc1ccc(CNc2ccc(C(N)=O)cc2C)cc1. The maximum absolute atomic E-state index is 11.1. The number of nitrogens with two attached hydrogens (primary N) is 1. The second-order valence-corrected chi connectivity index (χ2v) is 4.82. The van der Waals surface area contributed by atoms with Crippen molar-refractivity contribution in [1.29, 1.82) is 0 Å². The molecule has 0 radical (unpaired) electrons. The van der Waals surface area contributed by atoms with Crippen LogP contribution in [0.3, 0.4) is 0 Å². The molecule has 0 aliphatic rings. The van der Waals surface area contributed by atoms with Crippen molar-refractivity contribution in [2.24, 2.45) is 5.73 Å². The number of anilines is 1. The van der Waals surface area contributed by atoms with Gasteiger partial charge in [-0.2, -0.15) is 0 Å². The van der Waals surface area contributed by atoms with Crippen LogP contribution in [0.1, 0.15) is 28.4 Å². The number of hydrogen-bond acceptors (Lipinski definition) is 3. The molecular formula is C17H20N2O2. The lowest BCUT2D eigenvalue weighted by molar-refractivity contribution is 0.1000. The molecule has 0 unspecified atom stereocenters. The van der Waals surface area contributed by atoms with Gasteiger partial charge in [0.05, 0.1) is 6.61 Å². The molecule has 2 aromatic carbocycles. The van der Waals surface area contributed by atoms with E-state index in [1.54, 1.807) is 12.1 Å². The van der Waals surface area contributed by atoms with E-state index in [4.69, 9.17) is 10.5 Å². The van der Waals surface area contributed by atoms with Gasteiger partial charge in [-0.25, -0.2) is 0 Å². The lowest BCUT2D eigenvalue weighted by Gasteiger charge is -2.11. The molecule has 0 bridgehead atoms. The first-order chi connectivity index (χ1) is 10.1. The van der Waals surface area contributed by atoms with Crippen LogP contribution in [0.2, 0.25) is 0 Å². The van der Waals surface area contributed by atoms with E-state index in [9.17, 15) is 4.79 Å². The van der Waals surface area contributed by atoms with E-state index in [1.807, 2.05) is 44.2 Å². The highest BCUT2D eigenvalue weighted by Gasteiger charge is 2.04. The van der Waals surface area contributed by atoms with Gasteiger partial charge in [0.1, 0.15) is 5.75 Å². The molecule has 21 heavy (non-hydrogen) atoms. The molecule has 1 amide bonds. The number of ether oxygens (including phenoxy) is 1. The van der Waals surface area contributed by atoms with Gasteiger partial charge in [-0.3, -0.25) is 4.79 Å². The molecule has 4 heteroatoms. The van der Waals surface area contributed by atoms with Gasteiger partial charge in [-0.05, 0) is 55.3 Å². The summed E-state index contributed by atoms with van der Waals surface area (Å²) < 4.78 is 5.41. The highest BCUT2D eigenvalue weighted by Crippen LogP contribution is 2.18. The van der Waals surface area contributed by atoms with Crippen molar-refractivity contribution in [3.05, 3.63) is 59.2 Å². The predicted octanol–water partition coefficient (Wildman–Crippen LogP) is 3.10. The van der Waals surface area contributed by atoms with Crippen LogP contribution in [-0.2, 0) is 6.54 Å². The highest BCUT2D eigenvalue weighted by atomic mass is 16.5. The number of benzene rings is 2. The van der Waals surface area contributed by atoms with Crippen LogP contribution in [0.15, 0.2) is 42.5 Å². The van der Waals surface area contributed by atoms with Gasteiger partial charge < -0.3 is 15.8 Å². The van der Waals surface area contributed by atoms with Crippen molar-refractivity contribution >= 4 is 11.6 Å². The molecule has 0 saturated heterocycles. The van der Waals surface area contributed by atoms with E-state index in [2.05, 4.69) is 5.32 Å². The Morgan fingerprint density at radius 3 is 2.48 bits per heavy atom. The van der Waals surface area contributed by atoms with Crippen LogP contribution in [0.25, 0.3) is 0 Å². The topological polar surface area (TPSA) is 64.3 Å². The molecule has 4 nitrogen and oxygen atoms in total. The number of aryl methyl sites for hydroxylation is 1. The number of rotatable bonds is 6. The number of nitrogens with one attached hydrogen (secondary N) is 1. The Morgan fingerprint density at radius 1 is 1.19 bits per heavy atom. The summed E-state index contributed by atoms with van der Waals surface area (Å²) in [5.74, 6) is 0.472. The Balaban J connectivity index is 2.01. The van der Waals surface area contributed by atoms with Crippen molar-refractivity contribution in [2.45, 2.75) is 20.4 Å². The third-order valence-corrected chi connectivity index (χ3v) is 3.23. The van der Waals surface area contributed by atoms with Gasteiger partial charge in [-0.15, -0.1) is 0 Å². The normalized spacial score (nSPS) is 10.2. The van der Waals surface area contributed by atoms with Gasteiger partial charge >= 0.3 is 0 Å². The Hall–Kier alpha value is -2.49. The quantitative estimate of drug-likeness (QED) is 0.856. The van der Waals surface area contributed by atoms with Crippen molar-refractivity contribution in [3.63, 3.8) is 0 Å². The van der Waals surface area contributed by atoms with E-state index in [0.717, 1.165) is 22.6 Å². The molecular weight excluding hydrogens is 264 g/mol. The van der Waals surface area contributed by atoms with Crippen molar-refractivity contribution in [3.8, 4) is 5.75 Å². The fourth-order valence-electron chi connectivity index (χ4n) is 2.08. The Bertz CT molecular complexity index is 621. The maximum atomic E-state index is 11.1. The molecule has 0 aliphatic heterocycles. The molecule has 0 saturated carbocycles. The van der Waals surface area contributed by atoms with E-state index < -0.39 is 5.91 Å². The average Bonchev–Trinajstić information content (AvgIpc) is 2.47. The molecule has 2 rings (SSSR count). The van der Waals surface area contributed by atoms with Crippen molar-refractivity contribution in [1.82, 2.24) is 0 Å². The standard InChI is InChI=1S/C17H20N2O2/c1-3-21-15-7-4-13(5-8-15)11-19-16-9-6-14(17(18)20)10-12(16)2/h4-10,19H,3,11H2,1-2H3,(H2,18,20). The van der Waals surface area contributed by atoms with E-state index >= 15 is 0 Å². The van der Waals surface area contributed by atoms with E-state index in [0.29, 0.717) is 18.7 Å². The zero-order valence-electron chi connectivity index (χ0n) is 12.3. The summed E-state index contributed by atoms with van der Waals surface area (Å²) in [4.78, 5) is 11.1. The minimum Gasteiger partial charge on any atom is -0.494 e. The average molecular weight is 284 g/mol. The van der Waals surface area contributed by atoms with Gasteiger partial charge in [0, 0.05) is 17.8 Å². The van der Waals surface area contributed by atoms with Crippen LogP contribution in [0, 0.1) is 6.92 Å². The van der Waals surface area contributed by atoms with E-state index in [-0.39, 0.29) is 0 Å². The minimum atomic E-state index is -0.406. The Kier molecular flexibility index (Phi) is 4.82. The molecule has 0 aromatic heterocycles. The number of amides is 1. The molecule has 0 fully saturated rings. The Morgan fingerprint density at radius 2 is 1.90 bits per heavy atom. The first-order valence-electron chi connectivity index (χ1n) is 6.96. The predicted molar refractivity (Wildman–Crippen MR) is 84.6 cm³/mol. The molecule has 110 valence electrons. The zero-order chi connectivity index (χ0) is 15.2. The molecule has 0 aliphatic carbocycles. The maximum Gasteiger partial charge on any atom is 0.248 e. The Labute approximate surface area is 124 Å². The van der Waals surface area contributed by atoms with Gasteiger partial charge in [0.25, 0.3) is 0 Å². The van der Waals surface area contributed by atoms with E-state index in [1.165, 1.54) is 0 Å². The monoisotopic (exact) mass is 284 g/mol.